The number of aromatic nitrogens is 1. The lowest BCUT2D eigenvalue weighted by Crippen LogP contribution is -2.47. The molecule has 0 atom stereocenters. The SMILES string of the molecule is CC(C)(NCC(=O)NC1CCOCC1)c1nccs1. The van der Waals surface area contributed by atoms with Gasteiger partial charge in [-0.25, -0.2) is 4.98 Å². The predicted molar refractivity (Wildman–Crippen MR) is 75.1 cm³/mol. The number of ether oxygens (including phenoxy) is 1. The summed E-state index contributed by atoms with van der Waals surface area (Å²) < 4.78 is 5.27. The van der Waals surface area contributed by atoms with Crippen molar-refractivity contribution >= 4 is 17.2 Å². The number of rotatable bonds is 5. The molecule has 0 aliphatic carbocycles. The highest BCUT2D eigenvalue weighted by Crippen LogP contribution is 2.21. The van der Waals surface area contributed by atoms with E-state index < -0.39 is 0 Å². The third kappa shape index (κ3) is 4.26. The van der Waals surface area contributed by atoms with E-state index in [0.717, 1.165) is 31.1 Å². The van der Waals surface area contributed by atoms with Crippen LogP contribution in [0.1, 0.15) is 31.7 Å². The maximum absolute atomic E-state index is 11.9. The van der Waals surface area contributed by atoms with E-state index in [-0.39, 0.29) is 17.5 Å². The van der Waals surface area contributed by atoms with Gasteiger partial charge >= 0.3 is 0 Å². The topological polar surface area (TPSA) is 63.2 Å². The van der Waals surface area contributed by atoms with Gasteiger partial charge in [0.15, 0.2) is 0 Å². The van der Waals surface area contributed by atoms with Crippen LogP contribution in [0.25, 0.3) is 0 Å². The lowest BCUT2D eigenvalue weighted by Gasteiger charge is -2.26. The quantitative estimate of drug-likeness (QED) is 0.854. The fourth-order valence-corrected chi connectivity index (χ4v) is 2.77. The van der Waals surface area contributed by atoms with Gasteiger partial charge < -0.3 is 10.1 Å². The molecule has 5 nitrogen and oxygen atoms in total. The average Bonchev–Trinajstić information content (AvgIpc) is 2.92. The van der Waals surface area contributed by atoms with Gasteiger partial charge in [0.25, 0.3) is 0 Å². The van der Waals surface area contributed by atoms with Crippen molar-refractivity contribution < 1.29 is 9.53 Å². The van der Waals surface area contributed by atoms with E-state index in [0.29, 0.717) is 6.54 Å². The summed E-state index contributed by atoms with van der Waals surface area (Å²) >= 11 is 1.60. The number of hydrogen-bond acceptors (Lipinski definition) is 5. The molecule has 2 N–H and O–H groups in total. The molecule has 0 spiro atoms. The molecule has 1 amide bonds. The minimum absolute atomic E-state index is 0.0385. The number of carbonyl (C=O) groups is 1. The Hall–Kier alpha value is -0.980. The van der Waals surface area contributed by atoms with Gasteiger partial charge in [0.1, 0.15) is 5.01 Å². The van der Waals surface area contributed by atoms with Gasteiger partial charge in [-0.05, 0) is 26.7 Å². The first kappa shape index (κ1) is 14.4. The maximum Gasteiger partial charge on any atom is 0.234 e. The van der Waals surface area contributed by atoms with Gasteiger partial charge in [-0.1, -0.05) is 0 Å². The van der Waals surface area contributed by atoms with Gasteiger partial charge in [-0.2, -0.15) is 0 Å². The standard InChI is InChI=1S/C13H21N3O2S/c1-13(2,12-14-5-8-19-12)15-9-11(17)16-10-3-6-18-7-4-10/h5,8,10,15H,3-4,6-7,9H2,1-2H3,(H,16,17). The number of thiazole rings is 1. The van der Waals surface area contributed by atoms with Crippen LogP contribution in [-0.2, 0) is 15.1 Å². The first-order chi connectivity index (χ1) is 9.08. The summed E-state index contributed by atoms with van der Waals surface area (Å²) in [4.78, 5) is 16.2. The van der Waals surface area contributed by atoms with E-state index >= 15 is 0 Å². The van der Waals surface area contributed by atoms with Crippen molar-refractivity contribution in [2.45, 2.75) is 38.3 Å². The molecule has 1 saturated heterocycles. The van der Waals surface area contributed by atoms with Crippen molar-refractivity contribution in [1.82, 2.24) is 15.6 Å². The normalized spacial score (nSPS) is 17.4. The van der Waals surface area contributed by atoms with Gasteiger partial charge in [-0.15, -0.1) is 11.3 Å². The first-order valence-electron chi connectivity index (χ1n) is 6.60. The average molecular weight is 283 g/mol. The van der Waals surface area contributed by atoms with Crippen LogP contribution in [0.15, 0.2) is 11.6 Å². The molecule has 0 saturated carbocycles. The monoisotopic (exact) mass is 283 g/mol. The molecule has 6 heteroatoms. The number of carbonyl (C=O) groups excluding carboxylic acids is 1. The minimum atomic E-state index is -0.277. The summed E-state index contributed by atoms with van der Waals surface area (Å²) in [6.45, 7) is 5.86. The van der Waals surface area contributed by atoms with E-state index in [1.807, 2.05) is 19.2 Å². The van der Waals surface area contributed by atoms with E-state index in [4.69, 9.17) is 4.74 Å². The van der Waals surface area contributed by atoms with Crippen LogP contribution in [0.3, 0.4) is 0 Å². The van der Waals surface area contributed by atoms with Crippen LogP contribution in [-0.4, -0.2) is 36.7 Å². The maximum atomic E-state index is 11.9. The Bertz CT molecular complexity index is 400. The Balaban J connectivity index is 1.76. The van der Waals surface area contributed by atoms with Gasteiger partial charge in [0.05, 0.1) is 12.1 Å². The molecule has 1 aliphatic rings. The molecule has 1 aromatic heterocycles. The Kier molecular flexibility index (Phi) is 4.90. The molecule has 1 aromatic rings. The molecule has 19 heavy (non-hydrogen) atoms. The summed E-state index contributed by atoms with van der Waals surface area (Å²) in [5, 5.41) is 9.23. The fourth-order valence-electron chi connectivity index (χ4n) is 2.03. The minimum Gasteiger partial charge on any atom is -0.381 e. The molecular weight excluding hydrogens is 262 g/mol. The van der Waals surface area contributed by atoms with Gasteiger partial charge in [-0.3, -0.25) is 10.1 Å². The summed E-state index contributed by atoms with van der Waals surface area (Å²) in [6, 6.07) is 0.256. The third-order valence-electron chi connectivity index (χ3n) is 3.24. The van der Waals surface area contributed by atoms with Crippen LogP contribution in [0.2, 0.25) is 0 Å². The summed E-state index contributed by atoms with van der Waals surface area (Å²) in [5.74, 6) is 0.0385. The Labute approximate surface area is 117 Å². The molecule has 106 valence electrons. The molecule has 2 heterocycles. The number of amides is 1. The molecule has 1 aliphatic heterocycles. The lowest BCUT2D eigenvalue weighted by molar-refractivity contribution is -0.121. The van der Waals surface area contributed by atoms with Crippen LogP contribution >= 0.6 is 11.3 Å². The number of hydrogen-bond donors (Lipinski definition) is 2. The van der Waals surface area contributed by atoms with Crippen molar-refractivity contribution in [2.24, 2.45) is 0 Å². The van der Waals surface area contributed by atoms with Crippen molar-refractivity contribution in [3.63, 3.8) is 0 Å². The molecule has 0 bridgehead atoms. The summed E-state index contributed by atoms with van der Waals surface area (Å²) in [5.41, 5.74) is -0.277. The van der Waals surface area contributed by atoms with Gasteiger partial charge in [0, 0.05) is 30.8 Å². The van der Waals surface area contributed by atoms with E-state index in [9.17, 15) is 4.79 Å². The van der Waals surface area contributed by atoms with Gasteiger partial charge in [0.2, 0.25) is 5.91 Å². The second-order valence-corrected chi connectivity index (χ2v) is 6.16. The molecule has 0 aromatic carbocycles. The highest BCUT2D eigenvalue weighted by atomic mass is 32.1. The molecule has 2 rings (SSSR count). The second-order valence-electron chi connectivity index (χ2n) is 5.27. The first-order valence-corrected chi connectivity index (χ1v) is 7.48. The van der Waals surface area contributed by atoms with Crippen molar-refractivity contribution in [1.29, 1.82) is 0 Å². The van der Waals surface area contributed by atoms with Crippen LogP contribution in [0.5, 0.6) is 0 Å². The number of nitrogens with one attached hydrogen (secondary N) is 2. The number of nitrogens with zero attached hydrogens (tertiary/aromatic N) is 1. The fraction of sp³-hybridized carbons (Fsp3) is 0.692. The molecular formula is C13H21N3O2S. The highest BCUT2D eigenvalue weighted by molar-refractivity contribution is 7.09. The molecule has 0 radical (unpaired) electrons. The zero-order valence-electron chi connectivity index (χ0n) is 11.4. The van der Waals surface area contributed by atoms with Crippen molar-refractivity contribution in [2.75, 3.05) is 19.8 Å². The molecule has 1 fully saturated rings. The largest absolute Gasteiger partial charge is 0.381 e. The van der Waals surface area contributed by atoms with E-state index in [1.165, 1.54) is 0 Å². The Morgan fingerprint density at radius 1 is 1.53 bits per heavy atom. The van der Waals surface area contributed by atoms with Crippen molar-refractivity contribution in [3.05, 3.63) is 16.6 Å². The summed E-state index contributed by atoms with van der Waals surface area (Å²) in [7, 11) is 0. The Morgan fingerprint density at radius 2 is 2.26 bits per heavy atom. The third-order valence-corrected chi connectivity index (χ3v) is 4.34. The zero-order chi connectivity index (χ0) is 13.7. The van der Waals surface area contributed by atoms with Crippen LogP contribution in [0, 0.1) is 0 Å². The second kappa shape index (κ2) is 6.45. The molecule has 0 unspecified atom stereocenters. The summed E-state index contributed by atoms with van der Waals surface area (Å²) in [6.07, 6.45) is 3.59. The predicted octanol–water partition coefficient (Wildman–Crippen LogP) is 1.26. The van der Waals surface area contributed by atoms with Crippen LogP contribution in [0.4, 0.5) is 0 Å². The lowest BCUT2D eigenvalue weighted by atomic mass is 10.1. The Morgan fingerprint density at radius 3 is 2.89 bits per heavy atom. The van der Waals surface area contributed by atoms with Crippen LogP contribution < -0.4 is 10.6 Å². The van der Waals surface area contributed by atoms with E-state index in [2.05, 4.69) is 15.6 Å². The van der Waals surface area contributed by atoms with E-state index in [1.54, 1.807) is 17.5 Å². The zero-order valence-corrected chi connectivity index (χ0v) is 12.3. The smallest absolute Gasteiger partial charge is 0.234 e. The highest BCUT2D eigenvalue weighted by Gasteiger charge is 2.24. The van der Waals surface area contributed by atoms with Crippen molar-refractivity contribution in [3.8, 4) is 0 Å².